The molecule has 0 aliphatic carbocycles. The van der Waals surface area contributed by atoms with Crippen LogP contribution in [0.25, 0.3) is 0 Å². The maximum atomic E-state index is 12.4. The van der Waals surface area contributed by atoms with E-state index in [0.717, 1.165) is 0 Å². The van der Waals surface area contributed by atoms with Gasteiger partial charge >= 0.3 is 0 Å². The van der Waals surface area contributed by atoms with E-state index in [2.05, 4.69) is 20.5 Å². The minimum Gasteiger partial charge on any atom is -0.439 e. The standard InChI is InChI=1S/C17H17N5O2/c1-12(16-21-19-11-22(16)2)20-17(23)13-8-9-18-15(10-13)24-14-6-4-3-5-7-14/h3-12H,1-2H3,(H,20,23)/t12-/m1/s1. The second kappa shape index (κ2) is 6.91. The molecule has 7 heteroatoms. The van der Waals surface area contributed by atoms with E-state index in [1.165, 1.54) is 0 Å². The molecule has 122 valence electrons. The maximum Gasteiger partial charge on any atom is 0.252 e. The number of aryl methyl sites for hydroxylation is 1. The number of ether oxygens (including phenoxy) is 1. The molecule has 1 N–H and O–H groups in total. The number of rotatable bonds is 5. The summed E-state index contributed by atoms with van der Waals surface area (Å²) in [6.45, 7) is 1.85. The Labute approximate surface area is 139 Å². The first-order chi connectivity index (χ1) is 11.6. The number of para-hydroxylation sites is 1. The lowest BCUT2D eigenvalue weighted by Gasteiger charge is -2.13. The average Bonchev–Trinajstić information content (AvgIpc) is 3.02. The molecule has 0 saturated carbocycles. The Morgan fingerprint density at radius 1 is 1.25 bits per heavy atom. The topological polar surface area (TPSA) is 81.9 Å². The molecule has 0 fully saturated rings. The summed E-state index contributed by atoms with van der Waals surface area (Å²) in [5.74, 6) is 1.47. The SMILES string of the molecule is C[C@@H](NC(=O)c1ccnc(Oc2ccccc2)c1)c1nncn1C. The van der Waals surface area contributed by atoms with Gasteiger partial charge in [-0.3, -0.25) is 4.79 Å². The Morgan fingerprint density at radius 2 is 2.04 bits per heavy atom. The number of pyridine rings is 1. The summed E-state index contributed by atoms with van der Waals surface area (Å²) in [6.07, 6.45) is 3.14. The fourth-order valence-electron chi connectivity index (χ4n) is 2.24. The monoisotopic (exact) mass is 323 g/mol. The smallest absolute Gasteiger partial charge is 0.252 e. The second-order valence-corrected chi connectivity index (χ2v) is 5.29. The molecule has 0 aliphatic rings. The zero-order valence-corrected chi connectivity index (χ0v) is 13.4. The van der Waals surface area contributed by atoms with E-state index in [4.69, 9.17) is 4.74 Å². The summed E-state index contributed by atoms with van der Waals surface area (Å²) in [7, 11) is 1.83. The van der Waals surface area contributed by atoms with Gasteiger partial charge in [-0.1, -0.05) is 18.2 Å². The van der Waals surface area contributed by atoms with E-state index in [0.29, 0.717) is 23.0 Å². The highest BCUT2D eigenvalue weighted by atomic mass is 16.5. The fourth-order valence-corrected chi connectivity index (χ4v) is 2.24. The van der Waals surface area contributed by atoms with Crippen LogP contribution in [0.1, 0.15) is 29.1 Å². The Morgan fingerprint density at radius 3 is 2.75 bits per heavy atom. The molecule has 0 aliphatic heterocycles. The first-order valence-electron chi connectivity index (χ1n) is 7.47. The molecule has 3 rings (SSSR count). The molecule has 0 unspecified atom stereocenters. The van der Waals surface area contributed by atoms with Crippen molar-refractivity contribution in [2.24, 2.45) is 7.05 Å². The van der Waals surface area contributed by atoms with Crippen LogP contribution in [-0.4, -0.2) is 25.7 Å². The Balaban J connectivity index is 1.71. The first kappa shape index (κ1) is 15.7. The van der Waals surface area contributed by atoms with Crippen LogP contribution in [0.2, 0.25) is 0 Å². The van der Waals surface area contributed by atoms with Crippen molar-refractivity contribution >= 4 is 5.91 Å². The molecule has 1 atom stereocenters. The Kier molecular flexibility index (Phi) is 4.51. The molecule has 0 radical (unpaired) electrons. The molecule has 1 aromatic carbocycles. The van der Waals surface area contributed by atoms with E-state index in [-0.39, 0.29) is 11.9 Å². The fraction of sp³-hybridized carbons (Fsp3) is 0.176. The van der Waals surface area contributed by atoms with E-state index >= 15 is 0 Å². The van der Waals surface area contributed by atoms with Gasteiger partial charge < -0.3 is 14.6 Å². The number of amides is 1. The van der Waals surface area contributed by atoms with E-state index in [1.54, 1.807) is 29.2 Å². The van der Waals surface area contributed by atoms with Gasteiger partial charge in [0, 0.05) is 24.9 Å². The van der Waals surface area contributed by atoms with Gasteiger partial charge in [0.15, 0.2) is 5.82 Å². The molecule has 0 bridgehead atoms. The number of hydrogen-bond donors (Lipinski definition) is 1. The number of carbonyl (C=O) groups is 1. The number of nitrogens with one attached hydrogen (secondary N) is 1. The molecule has 24 heavy (non-hydrogen) atoms. The van der Waals surface area contributed by atoms with Crippen LogP contribution in [0.15, 0.2) is 55.0 Å². The third-order valence-electron chi connectivity index (χ3n) is 3.44. The van der Waals surface area contributed by atoms with Crippen molar-refractivity contribution in [2.45, 2.75) is 13.0 Å². The van der Waals surface area contributed by atoms with Gasteiger partial charge in [0.25, 0.3) is 5.91 Å². The molecule has 7 nitrogen and oxygen atoms in total. The molecule has 1 amide bonds. The van der Waals surface area contributed by atoms with E-state index in [1.807, 2.05) is 44.3 Å². The van der Waals surface area contributed by atoms with Gasteiger partial charge in [0.05, 0.1) is 6.04 Å². The third-order valence-corrected chi connectivity index (χ3v) is 3.44. The van der Waals surface area contributed by atoms with Crippen LogP contribution < -0.4 is 10.1 Å². The van der Waals surface area contributed by atoms with Gasteiger partial charge in [0.2, 0.25) is 5.88 Å². The lowest BCUT2D eigenvalue weighted by molar-refractivity contribution is 0.0937. The highest BCUT2D eigenvalue weighted by Crippen LogP contribution is 2.19. The van der Waals surface area contributed by atoms with Gasteiger partial charge in [-0.05, 0) is 25.1 Å². The molecule has 0 spiro atoms. The molecular formula is C17H17N5O2. The summed E-state index contributed by atoms with van der Waals surface area (Å²) >= 11 is 0. The van der Waals surface area contributed by atoms with Crippen molar-refractivity contribution in [3.63, 3.8) is 0 Å². The van der Waals surface area contributed by atoms with Crippen molar-refractivity contribution in [1.82, 2.24) is 25.1 Å². The van der Waals surface area contributed by atoms with E-state index < -0.39 is 0 Å². The third kappa shape index (κ3) is 3.57. The average molecular weight is 323 g/mol. The summed E-state index contributed by atoms with van der Waals surface area (Å²) in [6, 6.07) is 12.3. The molecule has 0 saturated heterocycles. The van der Waals surface area contributed by atoms with Crippen LogP contribution in [0.3, 0.4) is 0 Å². The van der Waals surface area contributed by atoms with Crippen molar-refractivity contribution in [2.75, 3.05) is 0 Å². The Hall–Kier alpha value is -3.22. The van der Waals surface area contributed by atoms with Gasteiger partial charge in [0.1, 0.15) is 12.1 Å². The van der Waals surface area contributed by atoms with Gasteiger partial charge in [-0.2, -0.15) is 0 Å². The largest absolute Gasteiger partial charge is 0.439 e. The molecule has 3 aromatic rings. The minimum absolute atomic E-state index is 0.231. The van der Waals surface area contributed by atoms with Gasteiger partial charge in [-0.25, -0.2) is 4.98 Å². The minimum atomic E-state index is -0.267. The number of hydrogen-bond acceptors (Lipinski definition) is 5. The van der Waals surface area contributed by atoms with Gasteiger partial charge in [-0.15, -0.1) is 10.2 Å². The highest BCUT2D eigenvalue weighted by molar-refractivity contribution is 5.94. The number of nitrogens with zero attached hydrogens (tertiary/aromatic N) is 4. The van der Waals surface area contributed by atoms with Crippen LogP contribution in [0.5, 0.6) is 11.6 Å². The maximum absolute atomic E-state index is 12.4. The molecule has 2 heterocycles. The normalized spacial score (nSPS) is 11.8. The van der Waals surface area contributed by atoms with Crippen LogP contribution >= 0.6 is 0 Å². The highest BCUT2D eigenvalue weighted by Gasteiger charge is 2.16. The van der Waals surface area contributed by atoms with Crippen molar-refractivity contribution < 1.29 is 9.53 Å². The molecule has 2 aromatic heterocycles. The lowest BCUT2D eigenvalue weighted by atomic mass is 10.2. The summed E-state index contributed by atoms with van der Waals surface area (Å²) in [4.78, 5) is 16.5. The quantitative estimate of drug-likeness (QED) is 0.780. The zero-order valence-electron chi connectivity index (χ0n) is 13.4. The first-order valence-corrected chi connectivity index (χ1v) is 7.47. The molecular weight excluding hydrogens is 306 g/mol. The number of carbonyl (C=O) groups excluding carboxylic acids is 1. The van der Waals surface area contributed by atoms with Crippen molar-refractivity contribution in [3.8, 4) is 11.6 Å². The van der Waals surface area contributed by atoms with Crippen molar-refractivity contribution in [1.29, 1.82) is 0 Å². The van der Waals surface area contributed by atoms with Crippen LogP contribution in [0.4, 0.5) is 0 Å². The summed E-state index contributed by atoms with van der Waals surface area (Å²) < 4.78 is 7.41. The summed E-state index contributed by atoms with van der Waals surface area (Å²) in [5, 5.41) is 10.7. The van der Waals surface area contributed by atoms with E-state index in [9.17, 15) is 4.79 Å². The summed E-state index contributed by atoms with van der Waals surface area (Å²) in [5.41, 5.74) is 0.463. The van der Waals surface area contributed by atoms with Crippen LogP contribution in [-0.2, 0) is 7.05 Å². The van der Waals surface area contributed by atoms with Crippen molar-refractivity contribution in [3.05, 3.63) is 66.4 Å². The number of benzene rings is 1. The zero-order chi connectivity index (χ0) is 16.9. The second-order valence-electron chi connectivity index (χ2n) is 5.29. The predicted molar refractivity (Wildman–Crippen MR) is 87.6 cm³/mol. The lowest BCUT2D eigenvalue weighted by Crippen LogP contribution is -2.28. The number of aromatic nitrogens is 4. The predicted octanol–water partition coefficient (Wildman–Crippen LogP) is 2.49. The Bertz CT molecular complexity index is 832. The van der Waals surface area contributed by atoms with Crippen LogP contribution in [0, 0.1) is 0 Å².